The second-order valence-electron chi connectivity index (χ2n) is 5.10. The van der Waals surface area contributed by atoms with Gasteiger partial charge in [0, 0.05) is 12.2 Å². The quantitative estimate of drug-likeness (QED) is 0.820. The molecule has 24 heavy (non-hydrogen) atoms. The normalized spacial score (nSPS) is 11.0. The summed E-state index contributed by atoms with van der Waals surface area (Å²) in [7, 11) is -1.85. The third-order valence-corrected chi connectivity index (χ3v) is 4.06. The van der Waals surface area contributed by atoms with Gasteiger partial charge in [-0.1, -0.05) is 23.7 Å². The monoisotopic (exact) mass is 368 g/mol. The van der Waals surface area contributed by atoms with Crippen LogP contribution >= 0.6 is 11.6 Å². The van der Waals surface area contributed by atoms with E-state index in [1.54, 1.807) is 19.2 Å². The molecular weight excluding hydrogens is 352 g/mol. The number of sulfonamides is 1. The molecule has 0 spiro atoms. The van der Waals surface area contributed by atoms with Crippen molar-refractivity contribution in [1.29, 1.82) is 0 Å². The lowest BCUT2D eigenvalue weighted by Gasteiger charge is -2.10. The summed E-state index contributed by atoms with van der Waals surface area (Å²) in [5.74, 6) is 0.334. The number of nitrogens with one attached hydrogen (secondary N) is 2. The maximum absolute atomic E-state index is 12.3. The number of carbonyl (C=O) groups is 1. The molecule has 0 bridgehead atoms. The van der Waals surface area contributed by atoms with E-state index in [1.165, 1.54) is 18.2 Å². The molecule has 128 valence electrons. The van der Waals surface area contributed by atoms with Crippen LogP contribution in [0.5, 0.6) is 5.75 Å². The van der Waals surface area contributed by atoms with Crippen LogP contribution in [0.1, 0.15) is 15.9 Å². The van der Waals surface area contributed by atoms with Gasteiger partial charge in [0.2, 0.25) is 10.0 Å². The van der Waals surface area contributed by atoms with Crippen LogP contribution in [-0.2, 0) is 16.6 Å². The Morgan fingerprint density at radius 3 is 2.42 bits per heavy atom. The molecule has 0 aliphatic heterocycles. The molecule has 0 heterocycles. The lowest BCUT2D eigenvalue weighted by atomic mass is 10.1. The molecule has 2 aromatic carbocycles. The van der Waals surface area contributed by atoms with Crippen molar-refractivity contribution in [2.75, 3.05) is 18.1 Å². The average Bonchev–Trinajstić information content (AvgIpc) is 2.53. The lowest BCUT2D eigenvalue weighted by molar-refractivity contribution is 0.0951. The first kappa shape index (κ1) is 18.1. The maximum atomic E-state index is 12.3. The lowest BCUT2D eigenvalue weighted by Crippen LogP contribution is -2.23. The van der Waals surface area contributed by atoms with Crippen LogP contribution < -0.4 is 14.8 Å². The zero-order chi connectivity index (χ0) is 17.7. The highest BCUT2D eigenvalue weighted by molar-refractivity contribution is 7.92. The molecule has 0 aliphatic rings. The first-order chi connectivity index (χ1) is 11.3. The Kier molecular flexibility index (Phi) is 5.69. The van der Waals surface area contributed by atoms with E-state index in [2.05, 4.69) is 10.0 Å². The zero-order valence-electron chi connectivity index (χ0n) is 13.2. The van der Waals surface area contributed by atoms with Crippen molar-refractivity contribution in [3.8, 4) is 5.75 Å². The first-order valence-corrected chi connectivity index (χ1v) is 9.24. The molecule has 1 amide bonds. The Hall–Kier alpha value is -2.25. The maximum Gasteiger partial charge on any atom is 0.253 e. The fraction of sp³-hybridized carbons (Fsp3) is 0.188. The number of rotatable bonds is 6. The summed E-state index contributed by atoms with van der Waals surface area (Å²) in [5.41, 5.74) is 1.36. The highest BCUT2D eigenvalue weighted by Crippen LogP contribution is 2.21. The summed E-state index contributed by atoms with van der Waals surface area (Å²) >= 11 is 6.03. The van der Waals surface area contributed by atoms with Gasteiger partial charge >= 0.3 is 0 Å². The summed E-state index contributed by atoms with van der Waals surface area (Å²) in [6.07, 6.45) is 1.03. The zero-order valence-corrected chi connectivity index (χ0v) is 14.7. The third-order valence-electron chi connectivity index (χ3n) is 3.13. The average molecular weight is 369 g/mol. The smallest absolute Gasteiger partial charge is 0.253 e. The predicted octanol–water partition coefficient (Wildman–Crippen LogP) is 2.65. The second-order valence-corrected chi connectivity index (χ2v) is 7.26. The fourth-order valence-corrected chi connectivity index (χ4v) is 2.76. The number of benzene rings is 2. The van der Waals surface area contributed by atoms with Gasteiger partial charge in [-0.15, -0.1) is 0 Å². The minimum absolute atomic E-state index is 0.193. The summed E-state index contributed by atoms with van der Waals surface area (Å²) < 4.78 is 29.9. The summed E-state index contributed by atoms with van der Waals surface area (Å²) in [5, 5.41) is 2.98. The number of halogens is 1. The van der Waals surface area contributed by atoms with E-state index >= 15 is 0 Å². The molecular formula is C16H17ClN2O4S. The molecule has 6 nitrogen and oxygen atoms in total. The van der Waals surface area contributed by atoms with Crippen molar-refractivity contribution in [2.45, 2.75) is 6.54 Å². The Morgan fingerprint density at radius 1 is 1.17 bits per heavy atom. The van der Waals surface area contributed by atoms with Gasteiger partial charge < -0.3 is 10.1 Å². The van der Waals surface area contributed by atoms with Gasteiger partial charge in [-0.25, -0.2) is 8.42 Å². The van der Waals surface area contributed by atoms with E-state index in [0.717, 1.165) is 17.6 Å². The molecule has 0 radical (unpaired) electrons. The van der Waals surface area contributed by atoms with Crippen LogP contribution in [0.2, 0.25) is 5.02 Å². The van der Waals surface area contributed by atoms with Gasteiger partial charge in [-0.2, -0.15) is 0 Å². The van der Waals surface area contributed by atoms with Crippen molar-refractivity contribution < 1.29 is 17.9 Å². The van der Waals surface area contributed by atoms with Crippen molar-refractivity contribution in [1.82, 2.24) is 5.32 Å². The molecule has 2 N–H and O–H groups in total. The largest absolute Gasteiger partial charge is 0.497 e. The number of methoxy groups -OCH3 is 1. The van der Waals surface area contributed by atoms with E-state index in [-0.39, 0.29) is 16.3 Å². The highest BCUT2D eigenvalue weighted by Gasteiger charge is 2.12. The van der Waals surface area contributed by atoms with Crippen molar-refractivity contribution in [2.24, 2.45) is 0 Å². The number of carbonyl (C=O) groups excluding carboxylic acids is 1. The number of ether oxygens (including phenoxy) is 1. The van der Waals surface area contributed by atoms with Gasteiger partial charge in [0.1, 0.15) is 5.75 Å². The molecule has 0 atom stereocenters. The second kappa shape index (κ2) is 7.55. The Bertz CT molecular complexity index is 836. The number of hydrogen-bond donors (Lipinski definition) is 2. The molecule has 0 aliphatic carbocycles. The van der Waals surface area contributed by atoms with E-state index in [0.29, 0.717) is 6.54 Å². The van der Waals surface area contributed by atoms with Crippen molar-refractivity contribution in [3.63, 3.8) is 0 Å². The van der Waals surface area contributed by atoms with E-state index in [4.69, 9.17) is 16.3 Å². The number of amides is 1. The topological polar surface area (TPSA) is 84.5 Å². The van der Waals surface area contributed by atoms with Crippen LogP contribution in [0, 0.1) is 0 Å². The Labute approximate surface area is 145 Å². The van der Waals surface area contributed by atoms with Gasteiger partial charge in [0.05, 0.1) is 24.0 Å². The van der Waals surface area contributed by atoms with Crippen molar-refractivity contribution in [3.05, 3.63) is 58.6 Å². The molecule has 2 aromatic rings. The van der Waals surface area contributed by atoms with E-state index in [1.807, 2.05) is 12.1 Å². The fourth-order valence-electron chi connectivity index (χ4n) is 2.00. The minimum atomic E-state index is -3.43. The number of anilines is 1. The minimum Gasteiger partial charge on any atom is -0.497 e. The molecule has 2 rings (SSSR count). The van der Waals surface area contributed by atoms with Crippen LogP contribution in [0.25, 0.3) is 0 Å². The van der Waals surface area contributed by atoms with Gasteiger partial charge in [0.25, 0.3) is 5.91 Å². The Balaban J connectivity index is 2.09. The highest BCUT2D eigenvalue weighted by atomic mass is 35.5. The van der Waals surface area contributed by atoms with E-state index in [9.17, 15) is 13.2 Å². The predicted molar refractivity (Wildman–Crippen MR) is 94.1 cm³/mol. The summed E-state index contributed by atoms with van der Waals surface area (Å²) in [6, 6.07) is 11.6. The van der Waals surface area contributed by atoms with Crippen LogP contribution in [-0.4, -0.2) is 27.7 Å². The molecule has 0 fully saturated rings. The van der Waals surface area contributed by atoms with Gasteiger partial charge in [-0.05, 0) is 35.9 Å². The SMILES string of the molecule is COc1ccc(CNC(=O)c2cc(NS(C)(=O)=O)ccc2Cl)cc1. The summed E-state index contributed by atoms with van der Waals surface area (Å²) in [6.45, 7) is 0.308. The van der Waals surface area contributed by atoms with Crippen LogP contribution in [0.15, 0.2) is 42.5 Å². The molecule has 8 heteroatoms. The molecule has 0 aromatic heterocycles. The number of hydrogen-bond acceptors (Lipinski definition) is 4. The standard InChI is InChI=1S/C16H17ClN2O4S/c1-23-13-6-3-11(4-7-13)10-18-16(20)14-9-12(5-8-15(14)17)19-24(2,21)22/h3-9,19H,10H2,1-2H3,(H,18,20). The van der Waals surface area contributed by atoms with Crippen LogP contribution in [0.4, 0.5) is 5.69 Å². The van der Waals surface area contributed by atoms with Crippen LogP contribution in [0.3, 0.4) is 0 Å². The molecule has 0 saturated carbocycles. The van der Waals surface area contributed by atoms with Gasteiger partial charge in [0.15, 0.2) is 0 Å². The molecule has 0 unspecified atom stereocenters. The molecule has 0 saturated heterocycles. The third kappa shape index (κ3) is 5.14. The van der Waals surface area contributed by atoms with E-state index < -0.39 is 15.9 Å². The van der Waals surface area contributed by atoms with Crippen molar-refractivity contribution >= 4 is 33.2 Å². The Morgan fingerprint density at radius 2 is 1.83 bits per heavy atom. The summed E-state index contributed by atoms with van der Waals surface area (Å²) in [4.78, 5) is 12.3. The van der Waals surface area contributed by atoms with Gasteiger partial charge in [-0.3, -0.25) is 9.52 Å². The first-order valence-electron chi connectivity index (χ1n) is 6.97.